The lowest BCUT2D eigenvalue weighted by atomic mass is 10.2. The minimum Gasteiger partial charge on any atom is -0.392 e. The number of benzene rings is 1. The van der Waals surface area contributed by atoms with Gasteiger partial charge in [-0.1, -0.05) is 23.4 Å². The summed E-state index contributed by atoms with van der Waals surface area (Å²) < 4.78 is 1.08. The quantitative estimate of drug-likeness (QED) is 0.579. The smallest absolute Gasteiger partial charge is 0.0726 e. The molecular formula is C7H6IOSi. The molecule has 0 heterocycles. The number of halogens is 1. The molecule has 1 rings (SSSR count). The van der Waals surface area contributed by atoms with Crippen molar-refractivity contribution in [2.24, 2.45) is 0 Å². The van der Waals surface area contributed by atoms with Crippen LogP contribution in [0.4, 0.5) is 0 Å². The Bertz CT molecular complexity index is 237. The fourth-order valence-corrected chi connectivity index (χ4v) is 1.49. The third-order valence-electron chi connectivity index (χ3n) is 1.25. The van der Waals surface area contributed by atoms with Crippen molar-refractivity contribution in [3.8, 4) is 0 Å². The molecular weight excluding hydrogens is 255 g/mol. The third kappa shape index (κ3) is 1.59. The van der Waals surface area contributed by atoms with Gasteiger partial charge in [0.2, 0.25) is 0 Å². The molecule has 3 radical (unpaired) electrons. The maximum atomic E-state index is 8.82. The standard InChI is InChI=1S/C7H6IOSi/c8-7-5(4-9)2-1-3-6(7)10/h1-3,9H,4H2. The van der Waals surface area contributed by atoms with Crippen LogP contribution in [0.3, 0.4) is 0 Å². The molecule has 10 heavy (non-hydrogen) atoms. The van der Waals surface area contributed by atoms with Gasteiger partial charge in [-0.3, -0.25) is 0 Å². The summed E-state index contributed by atoms with van der Waals surface area (Å²) in [7, 11) is 3.42. The molecule has 0 aliphatic heterocycles. The Hall–Kier alpha value is 0.127. The molecule has 0 unspecified atom stereocenters. The SMILES string of the molecule is OCc1cccc([Si])c1I. The monoisotopic (exact) mass is 261 g/mol. The Morgan fingerprint density at radius 3 is 2.70 bits per heavy atom. The molecule has 0 atom stereocenters. The lowest BCUT2D eigenvalue weighted by Crippen LogP contribution is -2.09. The second kappa shape index (κ2) is 3.50. The van der Waals surface area contributed by atoms with Crippen molar-refractivity contribution < 1.29 is 5.11 Å². The Kier molecular flexibility index (Phi) is 2.88. The summed E-state index contributed by atoms with van der Waals surface area (Å²) in [6.07, 6.45) is 0. The molecule has 1 nitrogen and oxygen atoms in total. The number of hydrogen-bond donors (Lipinski definition) is 1. The van der Waals surface area contributed by atoms with Crippen molar-refractivity contribution in [2.45, 2.75) is 6.61 Å². The normalized spacial score (nSPS) is 9.90. The van der Waals surface area contributed by atoms with Gasteiger partial charge in [0.1, 0.15) is 0 Å². The molecule has 0 fully saturated rings. The average molecular weight is 261 g/mol. The summed E-state index contributed by atoms with van der Waals surface area (Å²) in [5.74, 6) is 0. The minimum absolute atomic E-state index is 0.108. The summed E-state index contributed by atoms with van der Waals surface area (Å²) in [5, 5.41) is 9.85. The Morgan fingerprint density at radius 1 is 1.50 bits per heavy atom. The number of hydrogen-bond acceptors (Lipinski definition) is 1. The van der Waals surface area contributed by atoms with Crippen molar-refractivity contribution >= 4 is 38.0 Å². The van der Waals surface area contributed by atoms with Crippen LogP contribution in [0, 0.1) is 3.57 Å². The van der Waals surface area contributed by atoms with Crippen LogP contribution in [0.2, 0.25) is 0 Å². The summed E-state index contributed by atoms with van der Waals surface area (Å²) >= 11 is 2.20. The van der Waals surface area contributed by atoms with E-state index >= 15 is 0 Å². The van der Waals surface area contributed by atoms with E-state index in [1.54, 1.807) is 0 Å². The summed E-state index contributed by atoms with van der Waals surface area (Å²) in [4.78, 5) is 0. The predicted molar refractivity (Wildman–Crippen MR) is 50.5 cm³/mol. The molecule has 0 aliphatic rings. The first-order valence-electron chi connectivity index (χ1n) is 2.85. The van der Waals surface area contributed by atoms with Gasteiger partial charge in [0.15, 0.2) is 0 Å². The minimum atomic E-state index is 0.108. The lowest BCUT2D eigenvalue weighted by Gasteiger charge is -2.01. The zero-order chi connectivity index (χ0) is 7.56. The van der Waals surface area contributed by atoms with Crippen LogP contribution in [0.5, 0.6) is 0 Å². The first-order chi connectivity index (χ1) is 4.75. The molecule has 3 heteroatoms. The van der Waals surface area contributed by atoms with Gasteiger partial charge >= 0.3 is 0 Å². The highest BCUT2D eigenvalue weighted by atomic mass is 127. The second-order valence-electron chi connectivity index (χ2n) is 1.94. The van der Waals surface area contributed by atoms with Crippen LogP contribution < -0.4 is 5.19 Å². The predicted octanol–water partition coefficient (Wildman–Crippen LogP) is 0.577. The Morgan fingerprint density at radius 2 is 2.20 bits per heavy atom. The van der Waals surface area contributed by atoms with Crippen molar-refractivity contribution in [1.29, 1.82) is 0 Å². The van der Waals surface area contributed by atoms with Crippen LogP contribution >= 0.6 is 22.6 Å². The maximum Gasteiger partial charge on any atom is 0.0726 e. The molecule has 0 spiro atoms. The molecule has 0 saturated carbocycles. The number of rotatable bonds is 1. The van der Waals surface area contributed by atoms with Crippen LogP contribution in [-0.2, 0) is 6.61 Å². The van der Waals surface area contributed by atoms with Crippen molar-refractivity contribution in [1.82, 2.24) is 0 Å². The summed E-state index contributed by atoms with van der Waals surface area (Å²) in [5.41, 5.74) is 0.966. The summed E-state index contributed by atoms with van der Waals surface area (Å²) in [6.45, 7) is 0.108. The van der Waals surface area contributed by atoms with Crippen molar-refractivity contribution in [2.75, 3.05) is 0 Å². The molecule has 1 aromatic rings. The zero-order valence-electron chi connectivity index (χ0n) is 5.26. The van der Waals surface area contributed by atoms with Crippen LogP contribution in [0.25, 0.3) is 0 Å². The molecule has 0 aromatic heterocycles. The first-order valence-corrected chi connectivity index (χ1v) is 4.43. The van der Waals surface area contributed by atoms with E-state index in [-0.39, 0.29) is 6.61 Å². The van der Waals surface area contributed by atoms with Gasteiger partial charge in [-0.15, -0.1) is 0 Å². The fraction of sp³-hybridized carbons (Fsp3) is 0.143. The maximum absolute atomic E-state index is 8.82. The fourth-order valence-electron chi connectivity index (χ4n) is 0.702. The molecule has 0 bridgehead atoms. The highest BCUT2D eigenvalue weighted by molar-refractivity contribution is 14.1. The van der Waals surface area contributed by atoms with Gasteiger partial charge in [0, 0.05) is 3.57 Å². The van der Waals surface area contributed by atoms with Crippen LogP contribution in [0.1, 0.15) is 5.56 Å². The van der Waals surface area contributed by atoms with Gasteiger partial charge < -0.3 is 5.11 Å². The van der Waals surface area contributed by atoms with Crippen LogP contribution in [0.15, 0.2) is 18.2 Å². The van der Waals surface area contributed by atoms with Gasteiger partial charge in [-0.05, 0) is 28.2 Å². The summed E-state index contributed by atoms with van der Waals surface area (Å²) in [6, 6.07) is 5.78. The lowest BCUT2D eigenvalue weighted by molar-refractivity contribution is 0.281. The van der Waals surface area contributed by atoms with E-state index in [1.165, 1.54) is 0 Å². The van der Waals surface area contributed by atoms with E-state index in [2.05, 4.69) is 32.8 Å². The van der Waals surface area contributed by atoms with Crippen LogP contribution in [-0.4, -0.2) is 15.3 Å². The number of aliphatic hydroxyl groups excluding tert-OH is 1. The molecule has 51 valence electrons. The highest BCUT2D eigenvalue weighted by Crippen LogP contribution is 2.07. The van der Waals surface area contributed by atoms with E-state index in [9.17, 15) is 0 Å². The van der Waals surface area contributed by atoms with Crippen molar-refractivity contribution in [3.05, 3.63) is 27.3 Å². The van der Waals surface area contributed by atoms with Gasteiger partial charge in [-0.25, -0.2) is 0 Å². The van der Waals surface area contributed by atoms with Gasteiger partial charge in [0.25, 0.3) is 0 Å². The first kappa shape index (κ1) is 8.23. The molecule has 1 N–H and O–H groups in total. The van der Waals surface area contributed by atoms with E-state index in [0.29, 0.717) is 0 Å². The van der Waals surface area contributed by atoms with Gasteiger partial charge in [0.05, 0.1) is 16.8 Å². The molecule has 0 saturated heterocycles. The largest absolute Gasteiger partial charge is 0.392 e. The average Bonchev–Trinajstić information content (AvgIpc) is 1.95. The third-order valence-corrected chi connectivity index (χ3v) is 3.45. The molecule has 0 amide bonds. The topological polar surface area (TPSA) is 20.2 Å². The van der Waals surface area contributed by atoms with Gasteiger partial charge in [-0.2, -0.15) is 0 Å². The molecule has 0 aliphatic carbocycles. The van der Waals surface area contributed by atoms with Crippen molar-refractivity contribution in [3.63, 3.8) is 0 Å². The Labute approximate surface area is 77.0 Å². The molecule has 1 aromatic carbocycles. The van der Waals surface area contributed by atoms with E-state index in [4.69, 9.17) is 5.11 Å². The zero-order valence-corrected chi connectivity index (χ0v) is 8.42. The van der Waals surface area contributed by atoms with E-state index in [1.807, 2.05) is 18.2 Å². The Balaban J connectivity index is 3.14. The highest BCUT2D eigenvalue weighted by Gasteiger charge is 1.98. The second-order valence-corrected chi connectivity index (χ2v) is 3.55. The van der Waals surface area contributed by atoms with E-state index in [0.717, 1.165) is 14.3 Å². The van der Waals surface area contributed by atoms with E-state index < -0.39 is 0 Å². The number of aliphatic hydroxyl groups is 1.